The molecule has 14 heavy (non-hydrogen) atoms. The van der Waals surface area contributed by atoms with Crippen molar-refractivity contribution in [2.45, 2.75) is 27.7 Å². The number of hydrogen-bond donors (Lipinski definition) is 0. The van der Waals surface area contributed by atoms with Crippen LogP contribution in [0.3, 0.4) is 0 Å². The van der Waals surface area contributed by atoms with Gasteiger partial charge in [0.15, 0.2) is 0 Å². The molecule has 0 unspecified atom stereocenters. The van der Waals surface area contributed by atoms with Gasteiger partial charge in [-0.3, -0.25) is 9.59 Å². The molecule has 0 aromatic heterocycles. The van der Waals surface area contributed by atoms with Gasteiger partial charge >= 0.3 is 0 Å². The molecule has 1 aliphatic rings. The van der Waals surface area contributed by atoms with E-state index in [1.807, 2.05) is 13.8 Å². The number of hydrogen-bond acceptors (Lipinski definition) is 2. The van der Waals surface area contributed by atoms with E-state index < -0.39 is 0 Å². The Kier molecular flexibility index (Phi) is 5.09. The van der Waals surface area contributed by atoms with E-state index in [-0.39, 0.29) is 21.6 Å². The van der Waals surface area contributed by atoms with Crippen LogP contribution < -0.4 is 0 Å². The van der Waals surface area contributed by atoms with Crippen LogP contribution in [0, 0.1) is 0 Å². The molecule has 0 heterocycles. The Morgan fingerprint density at radius 1 is 0.786 bits per heavy atom. The quantitative estimate of drug-likeness (QED) is 0.604. The predicted molar refractivity (Wildman–Crippen MR) is 58.5 cm³/mol. The molecule has 1 rings (SSSR count). The first kappa shape index (κ1) is 13.4. The third-order valence-corrected chi connectivity index (χ3v) is 2.65. The van der Waals surface area contributed by atoms with Gasteiger partial charge in [0, 0.05) is 11.1 Å². The van der Waals surface area contributed by atoms with E-state index in [2.05, 4.69) is 0 Å². The lowest BCUT2D eigenvalue weighted by Gasteiger charge is -2.11. The molecular weight excluding hydrogens is 223 g/mol. The number of rotatable bonds is 0. The minimum Gasteiger partial charge on any atom is -0.288 e. The highest BCUT2D eigenvalue weighted by Gasteiger charge is 2.27. The number of carbonyl (C=O) groups is 2. The van der Waals surface area contributed by atoms with Crippen LogP contribution in [0.4, 0.5) is 0 Å². The summed E-state index contributed by atoms with van der Waals surface area (Å²) in [6.45, 7) is 7.11. The molecule has 0 saturated carbocycles. The van der Waals surface area contributed by atoms with Gasteiger partial charge in [-0.2, -0.15) is 0 Å². The standard InChI is InChI=1S/C8H6Cl2O2.C2H6/c1-3-4(2)8(12)6(10)5(9)7(3)11;1-2/h1-2H3;1-2H3. The van der Waals surface area contributed by atoms with Crippen molar-refractivity contribution in [1.82, 2.24) is 0 Å². The Morgan fingerprint density at radius 2 is 1.00 bits per heavy atom. The molecule has 0 fully saturated rings. The Morgan fingerprint density at radius 3 is 1.21 bits per heavy atom. The third kappa shape index (κ3) is 2.25. The molecule has 1 aliphatic carbocycles. The maximum Gasteiger partial charge on any atom is 0.202 e. The van der Waals surface area contributed by atoms with Gasteiger partial charge in [0.1, 0.15) is 10.1 Å². The first-order valence-corrected chi connectivity index (χ1v) is 5.04. The SMILES string of the molecule is CC.CC1=C(C)C(=O)C(Cl)=C(Cl)C1=O. The zero-order chi connectivity index (χ0) is 11.5. The van der Waals surface area contributed by atoms with Crippen molar-refractivity contribution in [1.29, 1.82) is 0 Å². The third-order valence-electron chi connectivity index (χ3n) is 1.84. The summed E-state index contributed by atoms with van der Waals surface area (Å²) in [7, 11) is 0. The Hall–Kier alpha value is -0.600. The average Bonchev–Trinajstić information content (AvgIpc) is 2.24. The zero-order valence-corrected chi connectivity index (χ0v) is 10.1. The first-order chi connectivity index (χ1) is 6.46. The lowest BCUT2D eigenvalue weighted by atomic mass is 9.97. The maximum atomic E-state index is 11.2. The van der Waals surface area contributed by atoms with Crippen LogP contribution in [0.15, 0.2) is 21.2 Å². The van der Waals surface area contributed by atoms with Crippen molar-refractivity contribution in [3.8, 4) is 0 Å². The summed E-state index contributed by atoms with van der Waals surface area (Å²) in [5, 5.41) is -0.352. The summed E-state index contributed by atoms with van der Waals surface area (Å²) >= 11 is 11.0. The number of ketones is 2. The lowest BCUT2D eigenvalue weighted by molar-refractivity contribution is -0.115. The molecule has 0 spiro atoms. The molecule has 4 heteroatoms. The van der Waals surface area contributed by atoms with E-state index in [0.717, 1.165) is 0 Å². The summed E-state index contributed by atoms with van der Waals surface area (Å²) in [4.78, 5) is 22.4. The van der Waals surface area contributed by atoms with Crippen molar-refractivity contribution >= 4 is 34.8 Å². The van der Waals surface area contributed by atoms with Gasteiger partial charge in [-0.15, -0.1) is 0 Å². The first-order valence-electron chi connectivity index (χ1n) is 4.29. The van der Waals surface area contributed by atoms with E-state index >= 15 is 0 Å². The highest BCUT2D eigenvalue weighted by molar-refractivity contribution is 6.58. The molecule has 0 bridgehead atoms. The van der Waals surface area contributed by atoms with Crippen molar-refractivity contribution < 1.29 is 9.59 Å². The summed E-state index contributed by atoms with van der Waals surface area (Å²) in [6.07, 6.45) is 0. The van der Waals surface area contributed by atoms with E-state index in [9.17, 15) is 9.59 Å². The van der Waals surface area contributed by atoms with Gasteiger partial charge in [-0.1, -0.05) is 37.0 Å². The predicted octanol–water partition coefficient (Wildman–Crippen LogP) is 3.19. The monoisotopic (exact) mass is 234 g/mol. The van der Waals surface area contributed by atoms with Crippen molar-refractivity contribution in [3.05, 3.63) is 21.2 Å². The largest absolute Gasteiger partial charge is 0.288 e. The van der Waals surface area contributed by atoms with Crippen LogP contribution in [-0.4, -0.2) is 11.6 Å². The number of halogens is 2. The molecule has 2 nitrogen and oxygen atoms in total. The number of Topliss-reactive ketones (excluding diaryl/α,β-unsaturated/α-hetero) is 2. The van der Waals surface area contributed by atoms with Gasteiger partial charge < -0.3 is 0 Å². The van der Waals surface area contributed by atoms with Gasteiger partial charge in [0.05, 0.1) is 0 Å². The Labute approximate surface area is 93.6 Å². The van der Waals surface area contributed by atoms with Crippen LogP contribution in [0.2, 0.25) is 0 Å². The molecule has 0 radical (unpaired) electrons. The highest BCUT2D eigenvalue weighted by Crippen LogP contribution is 2.28. The highest BCUT2D eigenvalue weighted by atomic mass is 35.5. The van der Waals surface area contributed by atoms with Gasteiger partial charge in [0.25, 0.3) is 0 Å². The van der Waals surface area contributed by atoms with Crippen LogP contribution in [0.1, 0.15) is 27.7 Å². The normalized spacial score (nSPS) is 17.0. The average molecular weight is 235 g/mol. The van der Waals surface area contributed by atoms with Crippen molar-refractivity contribution in [3.63, 3.8) is 0 Å². The van der Waals surface area contributed by atoms with E-state index in [0.29, 0.717) is 11.1 Å². The summed E-state index contributed by atoms with van der Waals surface area (Å²) in [5.74, 6) is -0.725. The molecule has 0 aliphatic heterocycles. The fourth-order valence-electron chi connectivity index (χ4n) is 0.869. The fraction of sp³-hybridized carbons (Fsp3) is 0.400. The Bertz CT molecular complexity index is 276. The van der Waals surface area contributed by atoms with Gasteiger partial charge in [0.2, 0.25) is 11.6 Å². The fourth-order valence-corrected chi connectivity index (χ4v) is 1.32. The molecule has 0 amide bonds. The second-order valence-electron chi connectivity index (χ2n) is 2.54. The van der Waals surface area contributed by atoms with Crippen molar-refractivity contribution in [2.75, 3.05) is 0 Å². The van der Waals surface area contributed by atoms with E-state index in [4.69, 9.17) is 23.2 Å². The smallest absolute Gasteiger partial charge is 0.202 e. The minimum atomic E-state index is -0.362. The zero-order valence-electron chi connectivity index (χ0n) is 8.57. The molecule has 78 valence electrons. The minimum absolute atomic E-state index is 0.176. The topological polar surface area (TPSA) is 34.1 Å². The molecule has 0 saturated heterocycles. The van der Waals surface area contributed by atoms with Crippen LogP contribution in [-0.2, 0) is 9.59 Å². The second kappa shape index (κ2) is 5.32. The van der Waals surface area contributed by atoms with Crippen molar-refractivity contribution in [2.24, 2.45) is 0 Å². The van der Waals surface area contributed by atoms with Gasteiger partial charge in [-0.05, 0) is 13.8 Å². The maximum absolute atomic E-state index is 11.2. The number of allylic oxidation sites excluding steroid dienone is 4. The van der Waals surface area contributed by atoms with Gasteiger partial charge in [-0.25, -0.2) is 0 Å². The second-order valence-corrected chi connectivity index (χ2v) is 3.29. The van der Waals surface area contributed by atoms with Crippen LogP contribution in [0.25, 0.3) is 0 Å². The summed E-state index contributed by atoms with van der Waals surface area (Å²) in [6, 6.07) is 0. The molecule has 0 N–H and O–H groups in total. The lowest BCUT2D eigenvalue weighted by Crippen LogP contribution is -2.16. The molecular formula is C10H12Cl2O2. The van der Waals surface area contributed by atoms with Crippen LogP contribution in [0.5, 0.6) is 0 Å². The number of carbonyl (C=O) groups excluding carboxylic acids is 2. The summed E-state index contributed by atoms with van der Waals surface area (Å²) < 4.78 is 0. The summed E-state index contributed by atoms with van der Waals surface area (Å²) in [5.41, 5.74) is 0.740. The van der Waals surface area contributed by atoms with E-state index in [1.165, 1.54) is 0 Å². The molecule has 0 aromatic rings. The molecule has 0 aromatic carbocycles. The Balaban J connectivity index is 0.000000791. The van der Waals surface area contributed by atoms with E-state index in [1.54, 1.807) is 13.8 Å². The molecule has 0 atom stereocenters. The van der Waals surface area contributed by atoms with Crippen LogP contribution >= 0.6 is 23.2 Å².